The molecule has 0 aliphatic heterocycles. The van der Waals surface area contributed by atoms with E-state index in [-0.39, 0.29) is 5.91 Å². The summed E-state index contributed by atoms with van der Waals surface area (Å²) in [7, 11) is 0. The highest BCUT2D eigenvalue weighted by atomic mass is 16.1. The number of rotatable bonds is 4. The van der Waals surface area contributed by atoms with Crippen molar-refractivity contribution < 1.29 is 4.79 Å². The van der Waals surface area contributed by atoms with Crippen LogP contribution >= 0.6 is 0 Å². The molecular formula is C21H22N4O. The Morgan fingerprint density at radius 1 is 0.885 bits per heavy atom. The number of amides is 1. The Hall–Kier alpha value is -3.21. The van der Waals surface area contributed by atoms with Crippen molar-refractivity contribution in [2.75, 3.05) is 10.6 Å². The lowest BCUT2D eigenvalue weighted by molar-refractivity contribution is 0.102. The van der Waals surface area contributed by atoms with Crippen LogP contribution in [0.5, 0.6) is 0 Å². The zero-order chi connectivity index (χ0) is 18.7. The van der Waals surface area contributed by atoms with Gasteiger partial charge >= 0.3 is 0 Å². The molecule has 3 aromatic rings. The summed E-state index contributed by atoms with van der Waals surface area (Å²) in [4.78, 5) is 21.4. The number of nitrogens with one attached hydrogen (secondary N) is 2. The van der Waals surface area contributed by atoms with Gasteiger partial charge in [0.2, 0.25) is 5.95 Å². The molecule has 2 aromatic carbocycles. The van der Waals surface area contributed by atoms with Crippen molar-refractivity contribution in [3.8, 4) is 0 Å². The summed E-state index contributed by atoms with van der Waals surface area (Å²) in [5, 5.41) is 6.10. The van der Waals surface area contributed by atoms with Gasteiger partial charge in [0.15, 0.2) is 0 Å². The first-order valence-corrected chi connectivity index (χ1v) is 8.49. The molecule has 1 aromatic heterocycles. The molecule has 26 heavy (non-hydrogen) atoms. The van der Waals surface area contributed by atoms with E-state index in [1.807, 2.05) is 70.2 Å². The van der Waals surface area contributed by atoms with Gasteiger partial charge in [-0.2, -0.15) is 0 Å². The van der Waals surface area contributed by atoms with E-state index in [1.54, 1.807) is 6.07 Å². The number of hydrogen-bond acceptors (Lipinski definition) is 4. The van der Waals surface area contributed by atoms with Crippen molar-refractivity contribution in [1.82, 2.24) is 9.97 Å². The van der Waals surface area contributed by atoms with Crippen molar-refractivity contribution in [2.45, 2.75) is 27.7 Å². The maximum absolute atomic E-state index is 12.7. The second kappa shape index (κ2) is 7.35. The van der Waals surface area contributed by atoms with Gasteiger partial charge in [0, 0.05) is 17.1 Å². The highest BCUT2D eigenvalue weighted by molar-refractivity contribution is 6.03. The van der Waals surface area contributed by atoms with E-state index < -0.39 is 0 Å². The fourth-order valence-electron chi connectivity index (χ4n) is 2.65. The Morgan fingerprint density at radius 2 is 1.65 bits per heavy atom. The summed E-state index contributed by atoms with van der Waals surface area (Å²) in [6.07, 6.45) is 0. The second-order valence-electron chi connectivity index (χ2n) is 6.49. The van der Waals surface area contributed by atoms with E-state index in [9.17, 15) is 4.79 Å². The van der Waals surface area contributed by atoms with Crippen LogP contribution in [0, 0.1) is 27.7 Å². The van der Waals surface area contributed by atoms with Crippen molar-refractivity contribution in [3.63, 3.8) is 0 Å². The molecule has 0 unspecified atom stereocenters. The van der Waals surface area contributed by atoms with Crippen molar-refractivity contribution >= 4 is 23.2 Å². The molecule has 0 spiro atoms. The quantitative estimate of drug-likeness (QED) is 0.718. The summed E-state index contributed by atoms with van der Waals surface area (Å²) in [6.45, 7) is 7.82. The van der Waals surface area contributed by atoms with Crippen LogP contribution < -0.4 is 10.6 Å². The van der Waals surface area contributed by atoms with E-state index in [1.165, 1.54) is 0 Å². The molecule has 132 valence electrons. The lowest BCUT2D eigenvalue weighted by Gasteiger charge is -2.11. The van der Waals surface area contributed by atoms with Gasteiger partial charge in [0.05, 0.1) is 0 Å². The monoisotopic (exact) mass is 346 g/mol. The standard InChI is InChI=1S/C21H22N4O/c1-13-6-5-7-17(10-13)23-21-22-16(4)12-19(25-21)20(26)24-18-11-14(2)8-9-15(18)3/h5-12H,1-4H3,(H,24,26)(H,22,23,25). The molecule has 0 radical (unpaired) electrons. The Morgan fingerprint density at radius 3 is 2.42 bits per heavy atom. The number of carbonyl (C=O) groups excluding carboxylic acids is 1. The smallest absolute Gasteiger partial charge is 0.274 e. The average Bonchev–Trinajstić information content (AvgIpc) is 2.57. The molecule has 2 N–H and O–H groups in total. The summed E-state index contributed by atoms with van der Waals surface area (Å²) < 4.78 is 0. The SMILES string of the molecule is Cc1cccc(Nc2nc(C)cc(C(=O)Nc3cc(C)ccc3C)n2)c1. The van der Waals surface area contributed by atoms with Gasteiger partial charge in [-0.15, -0.1) is 0 Å². The first-order chi connectivity index (χ1) is 12.4. The number of anilines is 3. The molecule has 1 heterocycles. The zero-order valence-electron chi connectivity index (χ0n) is 15.4. The Balaban J connectivity index is 1.84. The minimum atomic E-state index is -0.253. The molecular weight excluding hydrogens is 324 g/mol. The van der Waals surface area contributed by atoms with Gasteiger partial charge in [-0.3, -0.25) is 4.79 Å². The van der Waals surface area contributed by atoms with Crippen LogP contribution in [0.2, 0.25) is 0 Å². The number of benzene rings is 2. The van der Waals surface area contributed by atoms with Crippen LogP contribution in [0.3, 0.4) is 0 Å². The number of aryl methyl sites for hydroxylation is 4. The fraction of sp³-hybridized carbons (Fsp3) is 0.190. The molecule has 1 amide bonds. The third-order valence-electron chi connectivity index (χ3n) is 4.00. The van der Waals surface area contributed by atoms with Crippen LogP contribution in [0.1, 0.15) is 32.9 Å². The van der Waals surface area contributed by atoms with Gasteiger partial charge in [-0.05, 0) is 68.7 Å². The molecule has 0 aliphatic carbocycles. The molecule has 0 atom stereocenters. The maximum atomic E-state index is 12.7. The van der Waals surface area contributed by atoms with Gasteiger partial charge in [-0.25, -0.2) is 9.97 Å². The lowest BCUT2D eigenvalue weighted by atomic mass is 10.1. The predicted octanol–water partition coefficient (Wildman–Crippen LogP) is 4.71. The van der Waals surface area contributed by atoms with E-state index >= 15 is 0 Å². The van der Waals surface area contributed by atoms with Crippen molar-refractivity contribution in [1.29, 1.82) is 0 Å². The first kappa shape index (κ1) is 17.6. The molecule has 0 saturated carbocycles. The van der Waals surface area contributed by atoms with Crippen LogP contribution in [-0.4, -0.2) is 15.9 Å². The van der Waals surface area contributed by atoms with Crippen molar-refractivity contribution in [2.24, 2.45) is 0 Å². The molecule has 3 rings (SSSR count). The number of carbonyl (C=O) groups is 1. The molecule has 0 saturated heterocycles. The van der Waals surface area contributed by atoms with Crippen LogP contribution in [0.15, 0.2) is 48.5 Å². The van der Waals surface area contributed by atoms with Crippen molar-refractivity contribution in [3.05, 3.63) is 76.6 Å². The van der Waals surface area contributed by atoms with Gasteiger partial charge in [0.25, 0.3) is 5.91 Å². The van der Waals surface area contributed by atoms with Crippen LogP contribution in [0.4, 0.5) is 17.3 Å². The number of aromatic nitrogens is 2. The first-order valence-electron chi connectivity index (χ1n) is 8.49. The maximum Gasteiger partial charge on any atom is 0.274 e. The topological polar surface area (TPSA) is 66.9 Å². The zero-order valence-corrected chi connectivity index (χ0v) is 15.4. The number of nitrogens with zero attached hydrogens (tertiary/aromatic N) is 2. The summed E-state index contributed by atoms with van der Waals surface area (Å²) in [5.74, 6) is 0.151. The summed E-state index contributed by atoms with van der Waals surface area (Å²) >= 11 is 0. The highest BCUT2D eigenvalue weighted by Crippen LogP contribution is 2.19. The fourth-order valence-corrected chi connectivity index (χ4v) is 2.65. The number of hydrogen-bond donors (Lipinski definition) is 2. The van der Waals surface area contributed by atoms with Gasteiger partial charge in [0.1, 0.15) is 5.69 Å². The van der Waals surface area contributed by atoms with Gasteiger partial charge < -0.3 is 10.6 Å². The Labute approximate surface area is 153 Å². The lowest BCUT2D eigenvalue weighted by Crippen LogP contribution is -2.16. The molecule has 0 aliphatic rings. The van der Waals surface area contributed by atoms with E-state index in [0.29, 0.717) is 11.6 Å². The van der Waals surface area contributed by atoms with Crippen LogP contribution in [-0.2, 0) is 0 Å². The minimum absolute atomic E-state index is 0.253. The van der Waals surface area contributed by atoms with E-state index in [0.717, 1.165) is 33.8 Å². The summed E-state index contributed by atoms with van der Waals surface area (Å²) in [6, 6.07) is 15.6. The molecule has 0 bridgehead atoms. The predicted molar refractivity (Wildman–Crippen MR) is 105 cm³/mol. The summed E-state index contributed by atoms with van der Waals surface area (Å²) in [5.41, 5.74) is 5.96. The minimum Gasteiger partial charge on any atom is -0.324 e. The Kier molecular flexibility index (Phi) is 4.98. The van der Waals surface area contributed by atoms with Crippen LogP contribution in [0.25, 0.3) is 0 Å². The van der Waals surface area contributed by atoms with E-state index in [2.05, 4.69) is 20.6 Å². The third kappa shape index (κ3) is 4.25. The average molecular weight is 346 g/mol. The second-order valence-corrected chi connectivity index (χ2v) is 6.49. The normalized spacial score (nSPS) is 10.5. The molecule has 5 heteroatoms. The van der Waals surface area contributed by atoms with E-state index in [4.69, 9.17) is 0 Å². The largest absolute Gasteiger partial charge is 0.324 e. The highest BCUT2D eigenvalue weighted by Gasteiger charge is 2.12. The molecule has 5 nitrogen and oxygen atoms in total. The molecule has 0 fully saturated rings. The van der Waals surface area contributed by atoms with Gasteiger partial charge in [-0.1, -0.05) is 24.3 Å². The third-order valence-corrected chi connectivity index (χ3v) is 4.00. The Bertz CT molecular complexity index is 966.